The summed E-state index contributed by atoms with van der Waals surface area (Å²) in [5, 5.41) is 5.23. The first-order valence-electron chi connectivity index (χ1n) is 7.59. The number of esters is 1. The quantitative estimate of drug-likeness (QED) is 0.694. The maximum absolute atomic E-state index is 11.9. The van der Waals surface area contributed by atoms with Gasteiger partial charge >= 0.3 is 5.97 Å². The first kappa shape index (κ1) is 18.7. The predicted octanol–water partition coefficient (Wildman–Crippen LogP) is 2.75. The summed E-state index contributed by atoms with van der Waals surface area (Å²) in [5.74, 6) is -1.25. The van der Waals surface area contributed by atoms with Crippen LogP contribution in [0, 0.1) is 0 Å². The highest BCUT2D eigenvalue weighted by Crippen LogP contribution is 2.10. The van der Waals surface area contributed by atoms with E-state index < -0.39 is 11.9 Å². The molecule has 0 unspecified atom stereocenters. The fraction of sp³-hybridized carbons (Fsp3) is 0.167. The van der Waals surface area contributed by atoms with Crippen molar-refractivity contribution in [2.24, 2.45) is 0 Å². The van der Waals surface area contributed by atoms with Crippen LogP contribution >= 0.6 is 15.9 Å². The number of carbonyl (C=O) groups is 3. The van der Waals surface area contributed by atoms with Gasteiger partial charge in [-0.05, 0) is 36.4 Å². The third-order valence-corrected chi connectivity index (χ3v) is 3.67. The molecule has 0 heterocycles. The van der Waals surface area contributed by atoms with Gasteiger partial charge in [0.2, 0.25) is 0 Å². The average molecular weight is 405 g/mol. The molecule has 0 aliphatic carbocycles. The largest absolute Gasteiger partial charge is 0.456 e. The van der Waals surface area contributed by atoms with Crippen molar-refractivity contribution in [3.63, 3.8) is 0 Å². The van der Waals surface area contributed by atoms with E-state index >= 15 is 0 Å². The maximum Gasteiger partial charge on any atom is 0.308 e. The van der Waals surface area contributed by atoms with Gasteiger partial charge in [-0.25, -0.2) is 0 Å². The Morgan fingerprint density at radius 2 is 1.64 bits per heavy atom. The monoisotopic (exact) mass is 404 g/mol. The molecule has 2 amide bonds. The fourth-order valence-electron chi connectivity index (χ4n) is 1.92. The van der Waals surface area contributed by atoms with Crippen LogP contribution in [-0.4, -0.2) is 30.9 Å². The van der Waals surface area contributed by atoms with Crippen molar-refractivity contribution in [1.82, 2.24) is 5.32 Å². The van der Waals surface area contributed by atoms with Crippen LogP contribution in [0.4, 0.5) is 5.69 Å². The summed E-state index contributed by atoms with van der Waals surface area (Å²) in [6.45, 7) is -0.234. The highest BCUT2D eigenvalue weighted by molar-refractivity contribution is 9.10. The van der Waals surface area contributed by atoms with Crippen molar-refractivity contribution in [3.05, 3.63) is 64.6 Å². The number of hydrogen-bond acceptors (Lipinski definition) is 4. The van der Waals surface area contributed by atoms with E-state index in [1.54, 1.807) is 48.5 Å². The molecule has 0 spiro atoms. The minimum atomic E-state index is -0.556. The molecule has 0 saturated heterocycles. The molecular formula is C18H17BrN2O4. The van der Waals surface area contributed by atoms with Crippen molar-refractivity contribution < 1.29 is 19.1 Å². The molecule has 7 heteroatoms. The van der Waals surface area contributed by atoms with Crippen LogP contribution in [0.25, 0.3) is 0 Å². The zero-order valence-electron chi connectivity index (χ0n) is 13.3. The van der Waals surface area contributed by atoms with Crippen LogP contribution < -0.4 is 10.6 Å². The van der Waals surface area contributed by atoms with Gasteiger partial charge < -0.3 is 15.4 Å². The van der Waals surface area contributed by atoms with Gasteiger partial charge in [0.25, 0.3) is 11.8 Å². The second kappa shape index (κ2) is 9.58. The SMILES string of the molecule is O=C(COC(=O)CCNC(=O)c1ccc(Br)cc1)Nc1ccccc1. The number of benzene rings is 2. The highest BCUT2D eigenvalue weighted by atomic mass is 79.9. The second-order valence-corrected chi connectivity index (χ2v) is 6.00. The summed E-state index contributed by atoms with van der Waals surface area (Å²) in [4.78, 5) is 35.1. The minimum Gasteiger partial charge on any atom is -0.456 e. The van der Waals surface area contributed by atoms with Gasteiger partial charge in [0.05, 0.1) is 6.42 Å². The molecule has 2 aromatic carbocycles. The molecule has 2 aromatic rings. The van der Waals surface area contributed by atoms with E-state index in [0.29, 0.717) is 11.3 Å². The van der Waals surface area contributed by atoms with Gasteiger partial charge in [-0.3, -0.25) is 14.4 Å². The third kappa shape index (κ3) is 6.76. The third-order valence-electron chi connectivity index (χ3n) is 3.14. The van der Waals surface area contributed by atoms with Gasteiger partial charge in [-0.2, -0.15) is 0 Å². The van der Waals surface area contributed by atoms with E-state index in [-0.39, 0.29) is 25.5 Å². The number of anilines is 1. The highest BCUT2D eigenvalue weighted by Gasteiger charge is 2.09. The minimum absolute atomic E-state index is 0.0130. The van der Waals surface area contributed by atoms with Gasteiger partial charge in [0, 0.05) is 22.3 Å². The zero-order chi connectivity index (χ0) is 18.1. The average Bonchev–Trinajstić information content (AvgIpc) is 2.61. The molecule has 0 saturated carbocycles. The molecule has 0 aliphatic heterocycles. The number of ether oxygens (including phenoxy) is 1. The number of hydrogen-bond donors (Lipinski definition) is 2. The van der Waals surface area contributed by atoms with E-state index in [2.05, 4.69) is 26.6 Å². The Labute approximate surface area is 153 Å². The molecule has 130 valence electrons. The van der Waals surface area contributed by atoms with Gasteiger partial charge in [-0.1, -0.05) is 34.1 Å². The van der Waals surface area contributed by atoms with Crippen molar-refractivity contribution >= 4 is 39.4 Å². The molecule has 0 aromatic heterocycles. The summed E-state index contributed by atoms with van der Waals surface area (Å²) < 4.78 is 5.75. The first-order valence-corrected chi connectivity index (χ1v) is 8.38. The summed E-state index contributed by atoms with van der Waals surface area (Å²) in [7, 11) is 0. The zero-order valence-corrected chi connectivity index (χ0v) is 14.9. The Bertz CT molecular complexity index is 733. The first-order chi connectivity index (χ1) is 12.0. The van der Waals surface area contributed by atoms with Gasteiger partial charge in [0.15, 0.2) is 6.61 Å². The Balaban J connectivity index is 1.64. The van der Waals surface area contributed by atoms with Crippen LogP contribution in [0.2, 0.25) is 0 Å². The van der Waals surface area contributed by atoms with E-state index in [1.165, 1.54) is 0 Å². The van der Waals surface area contributed by atoms with Gasteiger partial charge in [-0.15, -0.1) is 0 Å². The number of amides is 2. The maximum atomic E-state index is 11.9. The topological polar surface area (TPSA) is 84.5 Å². The molecule has 2 rings (SSSR count). The lowest BCUT2D eigenvalue weighted by atomic mass is 10.2. The smallest absolute Gasteiger partial charge is 0.308 e. The molecule has 0 radical (unpaired) electrons. The van der Waals surface area contributed by atoms with Crippen molar-refractivity contribution in [2.75, 3.05) is 18.5 Å². The molecule has 2 N–H and O–H groups in total. The van der Waals surface area contributed by atoms with Crippen LogP contribution in [0.5, 0.6) is 0 Å². The summed E-state index contributed by atoms with van der Waals surface area (Å²) in [5.41, 5.74) is 1.13. The Morgan fingerprint density at radius 1 is 0.960 bits per heavy atom. The summed E-state index contributed by atoms with van der Waals surface area (Å²) in [6, 6.07) is 15.7. The van der Waals surface area contributed by atoms with Crippen molar-refractivity contribution in [3.8, 4) is 0 Å². The fourth-order valence-corrected chi connectivity index (χ4v) is 2.18. The Hall–Kier alpha value is -2.67. The van der Waals surface area contributed by atoms with Crippen molar-refractivity contribution in [1.29, 1.82) is 0 Å². The standard InChI is InChI=1S/C18H17BrN2O4/c19-14-8-6-13(7-9-14)18(24)20-11-10-17(23)25-12-16(22)21-15-4-2-1-3-5-15/h1-9H,10-12H2,(H,20,24)(H,21,22). The molecule has 6 nitrogen and oxygen atoms in total. The normalized spacial score (nSPS) is 9.96. The molecule has 0 bridgehead atoms. The van der Waals surface area contributed by atoms with Crippen LogP contribution in [0.15, 0.2) is 59.1 Å². The van der Waals surface area contributed by atoms with Crippen LogP contribution in [0.3, 0.4) is 0 Å². The van der Waals surface area contributed by atoms with E-state index in [4.69, 9.17) is 4.74 Å². The van der Waals surface area contributed by atoms with Crippen LogP contribution in [-0.2, 0) is 14.3 Å². The number of halogens is 1. The molecule has 25 heavy (non-hydrogen) atoms. The second-order valence-electron chi connectivity index (χ2n) is 5.09. The molecular weight excluding hydrogens is 388 g/mol. The number of para-hydroxylation sites is 1. The number of carbonyl (C=O) groups excluding carboxylic acids is 3. The van der Waals surface area contributed by atoms with Crippen LogP contribution in [0.1, 0.15) is 16.8 Å². The summed E-state index contributed by atoms with van der Waals surface area (Å²) in [6.07, 6.45) is -0.0130. The predicted molar refractivity (Wildman–Crippen MR) is 97.1 cm³/mol. The van der Waals surface area contributed by atoms with E-state index in [1.807, 2.05) is 6.07 Å². The van der Waals surface area contributed by atoms with Gasteiger partial charge in [0.1, 0.15) is 0 Å². The molecule has 0 fully saturated rings. The van der Waals surface area contributed by atoms with E-state index in [9.17, 15) is 14.4 Å². The molecule has 0 aliphatic rings. The molecule has 0 atom stereocenters. The van der Waals surface area contributed by atoms with Crippen molar-refractivity contribution in [2.45, 2.75) is 6.42 Å². The lowest BCUT2D eigenvalue weighted by Gasteiger charge is -2.07. The Kier molecular flexibility index (Phi) is 7.16. The summed E-state index contributed by atoms with van der Waals surface area (Å²) >= 11 is 3.29. The Morgan fingerprint density at radius 3 is 2.32 bits per heavy atom. The number of nitrogens with one attached hydrogen (secondary N) is 2. The number of rotatable bonds is 7. The lowest BCUT2D eigenvalue weighted by molar-refractivity contribution is -0.147. The van der Waals surface area contributed by atoms with E-state index in [0.717, 1.165) is 4.47 Å². The lowest BCUT2D eigenvalue weighted by Crippen LogP contribution is -2.27.